The molecule has 2 aromatic heterocycles. The standard InChI is InChI=1S/C22H21N7OS/c30-20(13-15-7-8-16-4-1-2-5-17(16)12-15)25-22-28-27-21(31-22)24-18-9-11-29(14-18)19-6-3-10-23-26-19/h1-8,10,12,18H,9,11,13-14H2,(H,24,27)(H,25,28,30)/t18-/m1/s1. The minimum Gasteiger partial charge on any atom is -0.355 e. The summed E-state index contributed by atoms with van der Waals surface area (Å²) >= 11 is 1.35. The van der Waals surface area contributed by atoms with Crippen molar-refractivity contribution in [2.75, 3.05) is 28.6 Å². The zero-order valence-electron chi connectivity index (χ0n) is 16.7. The normalized spacial score (nSPS) is 15.9. The van der Waals surface area contributed by atoms with Crippen LogP contribution in [0.5, 0.6) is 0 Å². The number of aromatic nitrogens is 4. The third-order valence-corrected chi connectivity index (χ3v) is 6.02. The summed E-state index contributed by atoms with van der Waals surface area (Å²) in [6, 6.07) is 18.3. The van der Waals surface area contributed by atoms with E-state index in [9.17, 15) is 4.79 Å². The van der Waals surface area contributed by atoms with Crippen LogP contribution in [0, 0.1) is 0 Å². The average Bonchev–Trinajstić information content (AvgIpc) is 3.44. The van der Waals surface area contributed by atoms with Gasteiger partial charge in [-0.15, -0.1) is 15.3 Å². The highest BCUT2D eigenvalue weighted by atomic mass is 32.1. The monoisotopic (exact) mass is 431 g/mol. The molecule has 9 heteroatoms. The number of benzene rings is 2. The number of nitrogens with one attached hydrogen (secondary N) is 2. The molecule has 0 unspecified atom stereocenters. The zero-order valence-corrected chi connectivity index (χ0v) is 17.5. The van der Waals surface area contributed by atoms with Crippen molar-refractivity contribution < 1.29 is 4.79 Å². The van der Waals surface area contributed by atoms with Crippen molar-refractivity contribution in [3.8, 4) is 0 Å². The van der Waals surface area contributed by atoms with Gasteiger partial charge in [0.05, 0.1) is 6.42 Å². The maximum atomic E-state index is 12.5. The van der Waals surface area contributed by atoms with E-state index in [-0.39, 0.29) is 11.9 Å². The number of fused-ring (bicyclic) bond motifs is 1. The number of hydrogen-bond donors (Lipinski definition) is 2. The predicted molar refractivity (Wildman–Crippen MR) is 122 cm³/mol. The van der Waals surface area contributed by atoms with Crippen molar-refractivity contribution in [1.82, 2.24) is 20.4 Å². The fourth-order valence-electron chi connectivity index (χ4n) is 3.75. The zero-order chi connectivity index (χ0) is 21.0. The maximum absolute atomic E-state index is 12.5. The van der Waals surface area contributed by atoms with Crippen LogP contribution in [0.3, 0.4) is 0 Å². The Hall–Kier alpha value is -3.59. The van der Waals surface area contributed by atoms with Crippen LogP contribution in [0.15, 0.2) is 60.8 Å². The fraction of sp³-hybridized carbons (Fsp3) is 0.227. The summed E-state index contributed by atoms with van der Waals surface area (Å²) in [6.07, 6.45) is 2.94. The van der Waals surface area contributed by atoms with E-state index >= 15 is 0 Å². The molecular weight excluding hydrogens is 410 g/mol. The van der Waals surface area contributed by atoms with Crippen molar-refractivity contribution in [3.63, 3.8) is 0 Å². The summed E-state index contributed by atoms with van der Waals surface area (Å²) < 4.78 is 0. The topological polar surface area (TPSA) is 95.9 Å². The van der Waals surface area contributed by atoms with E-state index in [2.05, 4.69) is 42.0 Å². The van der Waals surface area contributed by atoms with Crippen LogP contribution in [0.2, 0.25) is 0 Å². The van der Waals surface area contributed by atoms with Gasteiger partial charge in [0.2, 0.25) is 16.2 Å². The SMILES string of the molecule is O=C(Cc1ccc2ccccc2c1)Nc1nnc(N[C@@H]2CCN(c3cccnn3)C2)s1. The summed E-state index contributed by atoms with van der Waals surface area (Å²) in [4.78, 5) is 14.7. The second kappa shape index (κ2) is 8.65. The predicted octanol–water partition coefficient (Wildman–Crippen LogP) is 3.35. The number of nitrogens with zero attached hydrogens (tertiary/aromatic N) is 5. The molecule has 0 saturated carbocycles. The minimum atomic E-state index is -0.104. The minimum absolute atomic E-state index is 0.104. The van der Waals surface area contributed by atoms with Crippen LogP contribution in [0.25, 0.3) is 10.8 Å². The molecule has 1 aliphatic rings. The van der Waals surface area contributed by atoms with Gasteiger partial charge in [-0.1, -0.05) is 53.8 Å². The molecule has 1 saturated heterocycles. The number of carbonyl (C=O) groups is 1. The number of rotatable bonds is 6. The average molecular weight is 432 g/mol. The quantitative estimate of drug-likeness (QED) is 0.483. The molecule has 2 N–H and O–H groups in total. The van der Waals surface area contributed by atoms with Gasteiger partial charge in [-0.25, -0.2) is 0 Å². The highest BCUT2D eigenvalue weighted by Gasteiger charge is 2.24. The van der Waals surface area contributed by atoms with Crippen LogP contribution in [0.1, 0.15) is 12.0 Å². The van der Waals surface area contributed by atoms with E-state index in [1.54, 1.807) is 6.20 Å². The molecule has 2 aromatic carbocycles. The Morgan fingerprint density at radius 2 is 1.90 bits per heavy atom. The molecule has 156 valence electrons. The van der Waals surface area contributed by atoms with Gasteiger partial charge in [0.15, 0.2) is 5.82 Å². The summed E-state index contributed by atoms with van der Waals surface area (Å²) in [7, 11) is 0. The Morgan fingerprint density at radius 1 is 1.03 bits per heavy atom. The molecule has 8 nitrogen and oxygen atoms in total. The van der Waals surface area contributed by atoms with E-state index < -0.39 is 0 Å². The van der Waals surface area contributed by atoms with Gasteiger partial charge in [-0.05, 0) is 34.9 Å². The molecule has 5 rings (SSSR count). The Labute approximate surface area is 183 Å². The van der Waals surface area contributed by atoms with Gasteiger partial charge < -0.3 is 15.5 Å². The first-order valence-corrected chi connectivity index (χ1v) is 10.9. The lowest BCUT2D eigenvalue weighted by molar-refractivity contribution is -0.115. The van der Waals surface area contributed by atoms with Gasteiger partial charge in [0, 0.05) is 25.3 Å². The van der Waals surface area contributed by atoms with Gasteiger partial charge in [0.1, 0.15) is 0 Å². The second-order valence-electron chi connectivity index (χ2n) is 7.48. The van der Waals surface area contributed by atoms with Crippen LogP contribution in [0.4, 0.5) is 16.1 Å². The van der Waals surface area contributed by atoms with Gasteiger partial charge >= 0.3 is 0 Å². The smallest absolute Gasteiger partial charge is 0.230 e. The Bertz CT molecular complexity index is 1200. The van der Waals surface area contributed by atoms with Gasteiger partial charge in [-0.3, -0.25) is 4.79 Å². The summed E-state index contributed by atoms with van der Waals surface area (Å²) in [6.45, 7) is 1.73. The molecule has 0 spiro atoms. The van der Waals surface area contributed by atoms with Crippen molar-refractivity contribution in [2.24, 2.45) is 0 Å². The van der Waals surface area contributed by atoms with E-state index in [0.717, 1.165) is 41.7 Å². The largest absolute Gasteiger partial charge is 0.355 e. The van der Waals surface area contributed by atoms with Gasteiger partial charge in [0.25, 0.3) is 0 Å². The molecule has 4 aromatic rings. The lowest BCUT2D eigenvalue weighted by atomic mass is 10.1. The van der Waals surface area contributed by atoms with E-state index in [0.29, 0.717) is 16.7 Å². The Kier molecular flexibility index (Phi) is 5.40. The number of amides is 1. The summed E-state index contributed by atoms with van der Waals surface area (Å²) in [5, 5.41) is 26.1. The first-order valence-electron chi connectivity index (χ1n) is 10.1. The van der Waals surface area contributed by atoms with Crippen molar-refractivity contribution in [3.05, 3.63) is 66.4 Å². The summed E-state index contributed by atoms with van der Waals surface area (Å²) in [5.74, 6) is 0.776. The van der Waals surface area contributed by atoms with E-state index in [1.165, 1.54) is 11.3 Å². The highest BCUT2D eigenvalue weighted by molar-refractivity contribution is 7.19. The molecule has 1 aliphatic heterocycles. The molecule has 31 heavy (non-hydrogen) atoms. The molecule has 1 amide bonds. The van der Waals surface area contributed by atoms with Crippen LogP contribution in [-0.2, 0) is 11.2 Å². The van der Waals surface area contributed by atoms with Crippen LogP contribution < -0.4 is 15.5 Å². The number of anilines is 3. The fourth-order valence-corrected chi connectivity index (χ4v) is 4.49. The molecule has 0 radical (unpaired) electrons. The second-order valence-corrected chi connectivity index (χ2v) is 8.45. The lowest BCUT2D eigenvalue weighted by Crippen LogP contribution is -2.26. The molecule has 1 atom stereocenters. The van der Waals surface area contributed by atoms with Crippen molar-refractivity contribution in [1.29, 1.82) is 0 Å². The molecule has 1 fully saturated rings. The first kappa shape index (κ1) is 19.4. The third kappa shape index (κ3) is 4.61. The maximum Gasteiger partial charge on any atom is 0.230 e. The Morgan fingerprint density at radius 3 is 2.77 bits per heavy atom. The molecule has 3 heterocycles. The number of carbonyl (C=O) groups excluding carboxylic acids is 1. The van der Waals surface area contributed by atoms with Crippen molar-refractivity contribution >= 4 is 44.1 Å². The summed E-state index contributed by atoms with van der Waals surface area (Å²) in [5.41, 5.74) is 0.967. The van der Waals surface area contributed by atoms with E-state index in [1.807, 2.05) is 48.5 Å². The third-order valence-electron chi connectivity index (χ3n) is 5.25. The Balaban J connectivity index is 1.15. The van der Waals surface area contributed by atoms with Crippen LogP contribution >= 0.6 is 11.3 Å². The molecular formula is C22H21N7OS. The lowest BCUT2D eigenvalue weighted by Gasteiger charge is -2.16. The first-order chi connectivity index (χ1) is 15.2. The van der Waals surface area contributed by atoms with E-state index in [4.69, 9.17) is 0 Å². The number of hydrogen-bond acceptors (Lipinski definition) is 8. The van der Waals surface area contributed by atoms with Crippen LogP contribution in [-0.4, -0.2) is 45.4 Å². The molecule has 0 aliphatic carbocycles. The highest BCUT2D eigenvalue weighted by Crippen LogP contribution is 2.25. The molecule has 0 bridgehead atoms. The van der Waals surface area contributed by atoms with Crippen molar-refractivity contribution in [2.45, 2.75) is 18.9 Å². The van der Waals surface area contributed by atoms with Gasteiger partial charge in [-0.2, -0.15) is 5.10 Å².